The Morgan fingerprint density at radius 2 is 1.88 bits per heavy atom. The number of nitrogens with zero attached hydrogens (tertiary/aromatic N) is 1. The van der Waals surface area contributed by atoms with E-state index < -0.39 is 0 Å². The molecule has 3 rings (SSSR count). The molecular weight excluding hydrogens is 303 g/mol. The smallest absolute Gasteiger partial charge is 0.137 e. The minimum Gasteiger partial charge on any atom is -0.330 e. The molecule has 2 aromatic carbocycles. The number of aromatic nitrogens is 1. The Morgan fingerprint density at radius 1 is 1.08 bits per heavy atom. The molecule has 0 radical (unpaired) electrons. The van der Waals surface area contributed by atoms with Crippen LogP contribution in [0.4, 0.5) is 4.39 Å². The van der Waals surface area contributed by atoms with Crippen LogP contribution in [0.2, 0.25) is 0 Å². The zero-order valence-corrected chi connectivity index (χ0v) is 13.3. The van der Waals surface area contributed by atoms with Gasteiger partial charge in [0.1, 0.15) is 11.6 Å². The molecule has 0 saturated carbocycles. The van der Waals surface area contributed by atoms with Gasteiger partial charge in [0.05, 0.1) is 0 Å². The molecule has 4 heteroatoms. The minimum atomic E-state index is -0.286. The second kappa shape index (κ2) is 7.32. The van der Waals surface area contributed by atoms with Crippen molar-refractivity contribution in [3.63, 3.8) is 0 Å². The molecule has 1 aromatic heterocycles. The van der Waals surface area contributed by atoms with Crippen LogP contribution in [0.1, 0.15) is 23.5 Å². The number of hydrogen-bond donors (Lipinski definition) is 1. The van der Waals surface area contributed by atoms with Crippen LogP contribution in [0.15, 0.2) is 60.9 Å². The summed E-state index contributed by atoms with van der Waals surface area (Å²) in [5.74, 6) is -0.238. The molecule has 1 atom stereocenters. The molecule has 0 aliphatic carbocycles. The SMILES string of the molecule is NCC(CC(=O)Cc1ccc2cnccc2c1)c1ccc(F)cc1. The van der Waals surface area contributed by atoms with Crippen LogP contribution in [0, 0.1) is 5.82 Å². The average Bonchev–Trinajstić information content (AvgIpc) is 2.60. The maximum Gasteiger partial charge on any atom is 0.137 e. The lowest BCUT2D eigenvalue weighted by molar-refractivity contribution is -0.118. The molecular formula is C20H19FN2O. The first-order chi connectivity index (χ1) is 11.7. The summed E-state index contributed by atoms with van der Waals surface area (Å²) in [4.78, 5) is 16.5. The van der Waals surface area contributed by atoms with Crippen molar-refractivity contribution in [3.05, 3.63) is 77.9 Å². The van der Waals surface area contributed by atoms with Gasteiger partial charge in [0.25, 0.3) is 0 Å². The van der Waals surface area contributed by atoms with Gasteiger partial charge in [-0.1, -0.05) is 30.3 Å². The summed E-state index contributed by atoms with van der Waals surface area (Å²) in [7, 11) is 0. The average molecular weight is 322 g/mol. The largest absolute Gasteiger partial charge is 0.330 e. The van der Waals surface area contributed by atoms with E-state index >= 15 is 0 Å². The van der Waals surface area contributed by atoms with Gasteiger partial charge in [-0.05, 0) is 41.3 Å². The van der Waals surface area contributed by atoms with E-state index in [4.69, 9.17) is 5.73 Å². The van der Waals surface area contributed by atoms with Crippen LogP contribution in [-0.2, 0) is 11.2 Å². The van der Waals surface area contributed by atoms with Gasteiger partial charge >= 0.3 is 0 Å². The Labute approximate surface area is 140 Å². The van der Waals surface area contributed by atoms with E-state index in [1.165, 1.54) is 12.1 Å². The van der Waals surface area contributed by atoms with Crippen LogP contribution in [0.25, 0.3) is 10.8 Å². The molecule has 0 spiro atoms. The fraction of sp³-hybridized carbons (Fsp3) is 0.200. The quantitative estimate of drug-likeness (QED) is 0.754. The molecule has 3 nitrogen and oxygen atoms in total. The molecule has 1 unspecified atom stereocenters. The summed E-state index contributed by atoms with van der Waals surface area (Å²) in [5.41, 5.74) is 7.69. The van der Waals surface area contributed by atoms with E-state index in [9.17, 15) is 9.18 Å². The topological polar surface area (TPSA) is 56.0 Å². The van der Waals surface area contributed by atoms with Crippen molar-refractivity contribution >= 4 is 16.6 Å². The third-order valence-corrected chi connectivity index (χ3v) is 4.21. The Morgan fingerprint density at radius 3 is 2.62 bits per heavy atom. The van der Waals surface area contributed by atoms with Gasteiger partial charge in [0.15, 0.2) is 0 Å². The first-order valence-corrected chi connectivity index (χ1v) is 7.95. The fourth-order valence-electron chi connectivity index (χ4n) is 2.89. The van der Waals surface area contributed by atoms with Crippen molar-refractivity contribution in [2.24, 2.45) is 5.73 Å². The van der Waals surface area contributed by atoms with E-state index in [2.05, 4.69) is 4.98 Å². The lowest BCUT2D eigenvalue weighted by Gasteiger charge is -2.14. The van der Waals surface area contributed by atoms with Gasteiger partial charge in [-0.15, -0.1) is 0 Å². The highest BCUT2D eigenvalue weighted by Gasteiger charge is 2.15. The normalized spacial score (nSPS) is 12.2. The molecule has 0 saturated heterocycles. The van der Waals surface area contributed by atoms with Crippen LogP contribution in [0.3, 0.4) is 0 Å². The van der Waals surface area contributed by atoms with E-state index in [-0.39, 0.29) is 17.5 Å². The lowest BCUT2D eigenvalue weighted by atomic mass is 9.91. The third-order valence-electron chi connectivity index (χ3n) is 4.21. The number of ketones is 1. The summed E-state index contributed by atoms with van der Waals surface area (Å²) in [6.07, 6.45) is 4.28. The number of Topliss-reactive ketones (excluding diaryl/α,β-unsaturated/α-hetero) is 1. The molecule has 3 aromatic rings. The van der Waals surface area contributed by atoms with Crippen LogP contribution in [0.5, 0.6) is 0 Å². The second-order valence-electron chi connectivity index (χ2n) is 5.96. The predicted molar refractivity (Wildman–Crippen MR) is 93.3 cm³/mol. The first kappa shape index (κ1) is 16.3. The van der Waals surface area contributed by atoms with Crippen LogP contribution < -0.4 is 5.73 Å². The van der Waals surface area contributed by atoms with E-state index in [1.807, 2.05) is 24.3 Å². The molecule has 1 heterocycles. The minimum absolute atomic E-state index is 0.0808. The monoisotopic (exact) mass is 322 g/mol. The van der Waals surface area contributed by atoms with Gasteiger partial charge in [-0.2, -0.15) is 0 Å². The summed E-state index contributed by atoms with van der Waals surface area (Å²) in [5, 5.41) is 2.13. The number of benzene rings is 2. The maximum atomic E-state index is 13.0. The number of pyridine rings is 1. The maximum absolute atomic E-state index is 13.0. The number of carbonyl (C=O) groups is 1. The summed E-state index contributed by atoms with van der Waals surface area (Å²) >= 11 is 0. The van der Waals surface area contributed by atoms with Gasteiger partial charge in [0.2, 0.25) is 0 Å². The Kier molecular flexibility index (Phi) is 4.96. The second-order valence-corrected chi connectivity index (χ2v) is 5.96. The standard InChI is InChI=1S/C20H19FN2O/c21-19-5-3-15(4-6-19)18(12-22)11-20(24)10-14-1-2-17-13-23-8-7-16(17)9-14/h1-9,13,18H,10-12,22H2. The molecule has 0 amide bonds. The van der Waals surface area contributed by atoms with Crippen LogP contribution in [-0.4, -0.2) is 17.3 Å². The van der Waals surface area contributed by atoms with E-state index in [0.717, 1.165) is 21.9 Å². The van der Waals surface area contributed by atoms with Gasteiger partial charge in [-0.25, -0.2) is 4.39 Å². The number of nitrogens with two attached hydrogens (primary N) is 1. The van der Waals surface area contributed by atoms with Gasteiger partial charge < -0.3 is 5.73 Å². The molecule has 0 fully saturated rings. The highest BCUT2D eigenvalue weighted by atomic mass is 19.1. The molecule has 24 heavy (non-hydrogen) atoms. The Balaban J connectivity index is 1.69. The van der Waals surface area contributed by atoms with Crippen molar-refractivity contribution in [1.82, 2.24) is 4.98 Å². The van der Waals surface area contributed by atoms with E-state index in [1.54, 1.807) is 24.5 Å². The zero-order valence-electron chi connectivity index (χ0n) is 13.3. The summed E-state index contributed by atoms with van der Waals surface area (Å²) in [6, 6.07) is 14.1. The number of hydrogen-bond acceptors (Lipinski definition) is 3. The van der Waals surface area contributed by atoms with Crippen molar-refractivity contribution in [2.45, 2.75) is 18.8 Å². The number of halogens is 1. The van der Waals surface area contributed by atoms with Crippen molar-refractivity contribution < 1.29 is 9.18 Å². The van der Waals surface area contributed by atoms with Gasteiger partial charge in [-0.3, -0.25) is 9.78 Å². The van der Waals surface area contributed by atoms with Crippen molar-refractivity contribution in [3.8, 4) is 0 Å². The summed E-state index contributed by atoms with van der Waals surface area (Å²) in [6.45, 7) is 0.362. The van der Waals surface area contributed by atoms with Crippen LogP contribution >= 0.6 is 0 Å². The number of carbonyl (C=O) groups excluding carboxylic acids is 1. The Bertz CT molecular complexity index is 846. The van der Waals surface area contributed by atoms with E-state index in [0.29, 0.717) is 19.4 Å². The van der Waals surface area contributed by atoms with Crippen molar-refractivity contribution in [2.75, 3.05) is 6.54 Å². The predicted octanol–water partition coefficient (Wildman–Crippen LogP) is 3.62. The van der Waals surface area contributed by atoms with Crippen molar-refractivity contribution in [1.29, 1.82) is 0 Å². The molecule has 0 bridgehead atoms. The Hall–Kier alpha value is -2.59. The molecule has 122 valence electrons. The lowest BCUT2D eigenvalue weighted by Crippen LogP contribution is -2.17. The summed E-state index contributed by atoms with van der Waals surface area (Å²) < 4.78 is 13.0. The zero-order chi connectivity index (χ0) is 16.9. The molecule has 0 aliphatic heterocycles. The number of fused-ring (bicyclic) bond motifs is 1. The highest BCUT2D eigenvalue weighted by Crippen LogP contribution is 2.21. The number of rotatable bonds is 6. The highest BCUT2D eigenvalue weighted by molar-refractivity contribution is 5.86. The molecule has 2 N–H and O–H groups in total. The molecule has 0 aliphatic rings. The fourth-order valence-corrected chi connectivity index (χ4v) is 2.89. The first-order valence-electron chi connectivity index (χ1n) is 7.95. The van der Waals surface area contributed by atoms with Gasteiger partial charge in [0, 0.05) is 36.5 Å². The third kappa shape index (κ3) is 3.84.